The highest BCUT2D eigenvalue weighted by atomic mass is 16.5. The molecule has 7 nitrogen and oxygen atoms in total. The molecule has 2 N–H and O–H groups in total. The van der Waals surface area contributed by atoms with Gasteiger partial charge in [0.15, 0.2) is 0 Å². The van der Waals surface area contributed by atoms with E-state index in [1.807, 2.05) is 43.3 Å². The van der Waals surface area contributed by atoms with Gasteiger partial charge in [0.1, 0.15) is 17.6 Å². The summed E-state index contributed by atoms with van der Waals surface area (Å²) in [6.45, 7) is 4.55. The first-order chi connectivity index (χ1) is 17.1. The second-order valence-electron chi connectivity index (χ2n) is 8.50. The molecule has 1 fully saturated rings. The van der Waals surface area contributed by atoms with Crippen LogP contribution in [0.2, 0.25) is 0 Å². The van der Waals surface area contributed by atoms with E-state index in [0.29, 0.717) is 42.4 Å². The van der Waals surface area contributed by atoms with Gasteiger partial charge in [-0.05, 0) is 73.7 Å². The van der Waals surface area contributed by atoms with Crippen molar-refractivity contribution in [1.82, 2.24) is 10.3 Å². The number of phenolic OH excluding ortho intramolecular Hbond substituents is 1. The van der Waals surface area contributed by atoms with Gasteiger partial charge in [0.05, 0.1) is 17.3 Å². The van der Waals surface area contributed by atoms with Crippen LogP contribution in [-0.4, -0.2) is 48.3 Å². The smallest absolute Gasteiger partial charge is 0.242 e. The van der Waals surface area contributed by atoms with E-state index in [1.165, 1.54) is 0 Å². The summed E-state index contributed by atoms with van der Waals surface area (Å²) in [5.74, 6) is 0.832. The topological polar surface area (TPSA) is 98.5 Å². The number of carbonyl (C=O) groups excluding carboxylic acids is 1. The maximum Gasteiger partial charge on any atom is 0.242 e. The normalized spacial score (nSPS) is 15.1. The SMILES string of the molecule is CCOCCCNC(=O)[C@@H]1CCCN1c1cc(-c2ccc(C#N)cc2)cc(-c2ccccc2O)n1. The number of pyridine rings is 1. The average Bonchev–Trinajstić information content (AvgIpc) is 3.39. The molecule has 0 aliphatic carbocycles. The van der Waals surface area contributed by atoms with E-state index in [2.05, 4.69) is 16.3 Å². The fourth-order valence-corrected chi connectivity index (χ4v) is 4.36. The van der Waals surface area contributed by atoms with Gasteiger partial charge in [-0.15, -0.1) is 0 Å². The molecular weight excluding hydrogens is 440 g/mol. The molecule has 4 rings (SSSR count). The fourth-order valence-electron chi connectivity index (χ4n) is 4.36. The minimum absolute atomic E-state index is 0.00585. The van der Waals surface area contributed by atoms with Crippen LogP contribution in [-0.2, 0) is 9.53 Å². The second kappa shape index (κ2) is 11.5. The Bertz CT molecular complexity index is 1200. The summed E-state index contributed by atoms with van der Waals surface area (Å²) >= 11 is 0. The predicted molar refractivity (Wildman–Crippen MR) is 136 cm³/mol. The first kappa shape index (κ1) is 24.2. The minimum Gasteiger partial charge on any atom is -0.507 e. The second-order valence-corrected chi connectivity index (χ2v) is 8.50. The number of para-hydroxylation sites is 1. The number of amides is 1. The standard InChI is InChI=1S/C28H30N4O3/c1-2-35-16-6-14-30-28(34)25-8-5-15-32(25)27-18-22(21-12-10-20(19-29)11-13-21)17-24(31-27)23-7-3-4-9-26(23)33/h3-4,7,9-13,17-18,25,33H,2,5-6,8,14-16H2,1H3,(H,30,34)/t25-/m0/s1. The van der Waals surface area contributed by atoms with Crippen LogP contribution >= 0.6 is 0 Å². The van der Waals surface area contributed by atoms with Gasteiger partial charge in [0.2, 0.25) is 5.91 Å². The molecule has 1 saturated heterocycles. The Morgan fingerprint density at radius 3 is 2.74 bits per heavy atom. The number of aromatic hydroxyl groups is 1. The zero-order valence-corrected chi connectivity index (χ0v) is 19.9. The number of nitriles is 1. The Morgan fingerprint density at radius 1 is 1.20 bits per heavy atom. The molecule has 1 atom stereocenters. The molecule has 3 aromatic rings. The highest BCUT2D eigenvalue weighted by Gasteiger charge is 2.32. The lowest BCUT2D eigenvalue weighted by atomic mass is 10.0. The first-order valence-corrected chi connectivity index (χ1v) is 12.0. The van der Waals surface area contributed by atoms with Crippen LogP contribution in [0.1, 0.15) is 31.7 Å². The zero-order chi connectivity index (χ0) is 24.6. The summed E-state index contributed by atoms with van der Waals surface area (Å²) in [5.41, 5.74) is 3.67. The van der Waals surface area contributed by atoms with Gasteiger partial charge in [0.25, 0.3) is 0 Å². The van der Waals surface area contributed by atoms with Crippen molar-refractivity contribution < 1.29 is 14.6 Å². The number of nitrogens with one attached hydrogen (secondary N) is 1. The molecule has 0 spiro atoms. The van der Waals surface area contributed by atoms with Crippen molar-refractivity contribution in [1.29, 1.82) is 5.26 Å². The van der Waals surface area contributed by atoms with E-state index in [-0.39, 0.29) is 17.7 Å². The Hall–Kier alpha value is -3.89. The highest BCUT2D eigenvalue weighted by Crippen LogP contribution is 2.35. The number of carbonyl (C=O) groups is 1. The van der Waals surface area contributed by atoms with Gasteiger partial charge >= 0.3 is 0 Å². The third-order valence-corrected chi connectivity index (χ3v) is 6.16. The molecule has 35 heavy (non-hydrogen) atoms. The Labute approximate surface area is 206 Å². The molecule has 0 bridgehead atoms. The van der Waals surface area contributed by atoms with Crippen molar-refractivity contribution >= 4 is 11.7 Å². The summed E-state index contributed by atoms with van der Waals surface area (Å²) in [6, 6.07) is 20.2. The van der Waals surface area contributed by atoms with Crippen molar-refractivity contribution in [2.24, 2.45) is 0 Å². The summed E-state index contributed by atoms with van der Waals surface area (Å²) in [4.78, 5) is 19.9. The summed E-state index contributed by atoms with van der Waals surface area (Å²) in [6.07, 6.45) is 2.42. The number of phenols is 1. The quantitative estimate of drug-likeness (QED) is 0.447. The Kier molecular flexibility index (Phi) is 7.96. The zero-order valence-electron chi connectivity index (χ0n) is 19.9. The average molecular weight is 471 g/mol. The fraction of sp³-hybridized carbons (Fsp3) is 0.321. The molecule has 0 radical (unpaired) electrons. The van der Waals surface area contributed by atoms with E-state index in [9.17, 15) is 9.90 Å². The van der Waals surface area contributed by atoms with Crippen LogP contribution in [0.3, 0.4) is 0 Å². The lowest BCUT2D eigenvalue weighted by molar-refractivity contribution is -0.122. The van der Waals surface area contributed by atoms with Crippen molar-refractivity contribution in [3.63, 3.8) is 0 Å². The Morgan fingerprint density at radius 2 is 2.00 bits per heavy atom. The van der Waals surface area contributed by atoms with Crippen LogP contribution in [0.15, 0.2) is 60.7 Å². The van der Waals surface area contributed by atoms with E-state index >= 15 is 0 Å². The van der Waals surface area contributed by atoms with E-state index < -0.39 is 0 Å². The van der Waals surface area contributed by atoms with Crippen molar-refractivity contribution in [2.75, 3.05) is 31.2 Å². The number of anilines is 1. The van der Waals surface area contributed by atoms with Gasteiger partial charge in [-0.25, -0.2) is 4.98 Å². The maximum atomic E-state index is 13.0. The maximum absolute atomic E-state index is 13.0. The molecule has 1 aliphatic heterocycles. The van der Waals surface area contributed by atoms with Crippen LogP contribution in [0.25, 0.3) is 22.4 Å². The van der Waals surface area contributed by atoms with Gasteiger partial charge in [0, 0.05) is 31.9 Å². The molecule has 7 heteroatoms. The summed E-state index contributed by atoms with van der Waals surface area (Å²) in [7, 11) is 0. The number of benzene rings is 2. The monoisotopic (exact) mass is 470 g/mol. The molecule has 2 heterocycles. The molecule has 1 amide bonds. The van der Waals surface area contributed by atoms with Crippen molar-refractivity contribution in [2.45, 2.75) is 32.2 Å². The molecule has 1 aliphatic rings. The number of hydrogen-bond donors (Lipinski definition) is 2. The molecule has 2 aromatic carbocycles. The van der Waals surface area contributed by atoms with Crippen LogP contribution in [0.5, 0.6) is 5.75 Å². The number of rotatable bonds is 9. The van der Waals surface area contributed by atoms with Crippen LogP contribution < -0.4 is 10.2 Å². The number of hydrogen-bond acceptors (Lipinski definition) is 6. The van der Waals surface area contributed by atoms with Crippen molar-refractivity contribution in [3.8, 4) is 34.2 Å². The van der Waals surface area contributed by atoms with Crippen molar-refractivity contribution in [3.05, 3.63) is 66.2 Å². The number of nitrogens with zero attached hydrogens (tertiary/aromatic N) is 3. The van der Waals surface area contributed by atoms with Crippen LogP contribution in [0, 0.1) is 11.3 Å². The third kappa shape index (κ3) is 5.79. The van der Waals surface area contributed by atoms with E-state index in [0.717, 1.165) is 36.9 Å². The molecule has 180 valence electrons. The molecule has 0 saturated carbocycles. The molecule has 1 aromatic heterocycles. The number of aromatic nitrogens is 1. The van der Waals surface area contributed by atoms with Gasteiger partial charge < -0.3 is 20.1 Å². The lowest BCUT2D eigenvalue weighted by Crippen LogP contribution is -2.44. The first-order valence-electron chi connectivity index (χ1n) is 12.0. The Balaban J connectivity index is 1.66. The summed E-state index contributed by atoms with van der Waals surface area (Å²) in [5, 5.41) is 22.7. The van der Waals surface area contributed by atoms with Gasteiger partial charge in [-0.1, -0.05) is 24.3 Å². The van der Waals surface area contributed by atoms with Gasteiger partial charge in [-0.3, -0.25) is 4.79 Å². The predicted octanol–water partition coefficient (Wildman–Crippen LogP) is 4.50. The highest BCUT2D eigenvalue weighted by molar-refractivity contribution is 5.86. The number of ether oxygens (including phenoxy) is 1. The van der Waals surface area contributed by atoms with Crippen LogP contribution in [0.4, 0.5) is 5.82 Å². The van der Waals surface area contributed by atoms with E-state index in [1.54, 1.807) is 24.3 Å². The molecular formula is C28H30N4O3. The summed E-state index contributed by atoms with van der Waals surface area (Å²) < 4.78 is 5.36. The van der Waals surface area contributed by atoms with E-state index in [4.69, 9.17) is 15.0 Å². The third-order valence-electron chi connectivity index (χ3n) is 6.16. The van der Waals surface area contributed by atoms with Gasteiger partial charge in [-0.2, -0.15) is 5.26 Å². The molecule has 0 unspecified atom stereocenters. The lowest BCUT2D eigenvalue weighted by Gasteiger charge is -2.26. The largest absolute Gasteiger partial charge is 0.507 e. The minimum atomic E-state index is -0.303.